The lowest BCUT2D eigenvalue weighted by atomic mass is 9.67. The average Bonchev–Trinajstić information content (AvgIpc) is 3.47. The standard InChI is InChI=1S/C34H48F4N6O2/c1-23(2)44(24(3)4)32(45)28-17-26(35)5-6-29(28)46-30-18-39-22-41-31(30)43-14-9-25(20-43)19-42-15-12-33(13-16-42)10-7-27(8-11-33)40-21-34(36,37)38/h5-6,17-18,22-25,27,40H,7-16,19-21H2,1-4H3/t25-/m0/s1. The molecule has 8 nitrogen and oxygen atoms in total. The highest BCUT2D eigenvalue weighted by molar-refractivity contribution is 5.97. The number of benzene rings is 1. The molecule has 2 aromatic rings. The predicted molar refractivity (Wildman–Crippen MR) is 170 cm³/mol. The minimum atomic E-state index is -4.16. The van der Waals surface area contributed by atoms with Crippen molar-refractivity contribution in [2.24, 2.45) is 11.3 Å². The Bertz CT molecular complexity index is 1310. The van der Waals surface area contributed by atoms with Crippen LogP contribution in [0, 0.1) is 17.2 Å². The number of anilines is 1. The molecule has 1 aliphatic carbocycles. The molecule has 0 radical (unpaired) electrons. The molecule has 5 rings (SSSR count). The Hall–Kier alpha value is -2.99. The summed E-state index contributed by atoms with van der Waals surface area (Å²) in [4.78, 5) is 28.7. The van der Waals surface area contributed by atoms with Gasteiger partial charge in [-0.2, -0.15) is 13.2 Å². The first-order valence-electron chi connectivity index (χ1n) is 16.7. The van der Waals surface area contributed by atoms with Crippen molar-refractivity contribution in [1.29, 1.82) is 0 Å². The van der Waals surface area contributed by atoms with Crippen LogP contribution < -0.4 is 15.0 Å². The first-order valence-corrected chi connectivity index (χ1v) is 16.7. The van der Waals surface area contributed by atoms with E-state index < -0.39 is 18.5 Å². The second-order valence-corrected chi connectivity index (χ2v) is 14.0. The van der Waals surface area contributed by atoms with Crippen LogP contribution in [0.2, 0.25) is 0 Å². The zero-order chi connectivity index (χ0) is 33.1. The third kappa shape index (κ3) is 8.48. The fraction of sp³-hybridized carbons (Fsp3) is 0.676. The molecule has 1 amide bonds. The molecule has 1 N–H and O–H groups in total. The fourth-order valence-electron chi connectivity index (χ4n) is 7.64. The van der Waals surface area contributed by atoms with Crippen LogP contribution in [0.4, 0.5) is 23.4 Å². The molecule has 1 aromatic heterocycles. The summed E-state index contributed by atoms with van der Waals surface area (Å²) in [6.07, 6.45) is 5.76. The number of hydrogen-bond donors (Lipinski definition) is 1. The van der Waals surface area contributed by atoms with Gasteiger partial charge < -0.3 is 24.8 Å². The van der Waals surface area contributed by atoms with Gasteiger partial charge in [-0.15, -0.1) is 0 Å². The second-order valence-electron chi connectivity index (χ2n) is 14.0. The molecule has 2 aliphatic heterocycles. The Kier molecular flexibility index (Phi) is 10.8. The number of halogens is 4. The van der Waals surface area contributed by atoms with Gasteiger partial charge in [-0.25, -0.2) is 14.4 Å². The number of nitrogens with one attached hydrogen (secondary N) is 1. The first kappa shape index (κ1) is 34.3. The van der Waals surface area contributed by atoms with Crippen molar-refractivity contribution in [3.63, 3.8) is 0 Å². The number of amides is 1. The molecule has 0 bridgehead atoms. The summed E-state index contributed by atoms with van der Waals surface area (Å²) < 4.78 is 58.5. The van der Waals surface area contributed by atoms with Gasteiger partial charge >= 0.3 is 6.18 Å². The molecule has 2 saturated heterocycles. The Balaban J connectivity index is 1.17. The summed E-state index contributed by atoms with van der Waals surface area (Å²) in [6.45, 7) is 11.5. The van der Waals surface area contributed by atoms with Crippen molar-refractivity contribution < 1.29 is 27.1 Å². The lowest BCUT2D eigenvalue weighted by Gasteiger charge is -2.46. The van der Waals surface area contributed by atoms with Crippen LogP contribution in [-0.2, 0) is 0 Å². The van der Waals surface area contributed by atoms with Crippen molar-refractivity contribution >= 4 is 11.7 Å². The van der Waals surface area contributed by atoms with Crippen LogP contribution >= 0.6 is 0 Å². The van der Waals surface area contributed by atoms with E-state index in [1.807, 2.05) is 27.7 Å². The highest BCUT2D eigenvalue weighted by Crippen LogP contribution is 2.45. The van der Waals surface area contributed by atoms with Crippen LogP contribution in [0.15, 0.2) is 30.7 Å². The lowest BCUT2D eigenvalue weighted by molar-refractivity contribution is -0.127. The molecule has 1 aromatic carbocycles. The number of alkyl halides is 3. The number of carbonyl (C=O) groups is 1. The monoisotopic (exact) mass is 648 g/mol. The molecule has 3 fully saturated rings. The number of aromatic nitrogens is 2. The summed E-state index contributed by atoms with van der Waals surface area (Å²) in [5.41, 5.74) is 0.425. The van der Waals surface area contributed by atoms with Crippen LogP contribution in [-0.4, -0.2) is 89.2 Å². The van der Waals surface area contributed by atoms with Gasteiger partial charge in [-0.1, -0.05) is 0 Å². The summed E-state index contributed by atoms with van der Waals surface area (Å²) in [5, 5.41) is 2.71. The van der Waals surface area contributed by atoms with Crippen LogP contribution in [0.25, 0.3) is 0 Å². The van der Waals surface area contributed by atoms with Gasteiger partial charge in [-0.3, -0.25) is 4.79 Å². The quantitative estimate of drug-likeness (QED) is 0.289. The fourth-order valence-corrected chi connectivity index (χ4v) is 7.64. The maximum absolute atomic E-state index is 14.4. The van der Waals surface area contributed by atoms with Crippen molar-refractivity contribution in [2.75, 3.05) is 44.2 Å². The Morgan fingerprint density at radius 1 is 1.04 bits per heavy atom. The molecule has 46 heavy (non-hydrogen) atoms. The largest absolute Gasteiger partial charge is 0.451 e. The molecule has 3 aliphatic rings. The molecule has 1 atom stereocenters. The number of likely N-dealkylation sites (tertiary alicyclic amines) is 1. The summed E-state index contributed by atoms with van der Waals surface area (Å²) in [5.74, 6) is 0.977. The number of ether oxygens (including phenoxy) is 1. The van der Waals surface area contributed by atoms with Crippen molar-refractivity contribution in [1.82, 2.24) is 25.1 Å². The van der Waals surface area contributed by atoms with Gasteiger partial charge in [0, 0.05) is 37.8 Å². The zero-order valence-electron chi connectivity index (χ0n) is 27.5. The average molecular weight is 649 g/mol. The van der Waals surface area contributed by atoms with E-state index in [2.05, 4.69) is 25.1 Å². The number of carbonyl (C=O) groups excluding carboxylic acids is 1. The Morgan fingerprint density at radius 3 is 2.39 bits per heavy atom. The normalized spacial score (nSPS) is 21.0. The predicted octanol–water partition coefficient (Wildman–Crippen LogP) is 6.67. The van der Waals surface area contributed by atoms with E-state index in [1.165, 1.54) is 24.5 Å². The zero-order valence-corrected chi connectivity index (χ0v) is 27.5. The van der Waals surface area contributed by atoms with Crippen LogP contribution in [0.1, 0.15) is 83.0 Å². The van der Waals surface area contributed by atoms with Crippen molar-refractivity contribution in [3.05, 3.63) is 42.1 Å². The van der Waals surface area contributed by atoms with E-state index in [-0.39, 0.29) is 40.8 Å². The minimum absolute atomic E-state index is 0.0321. The lowest BCUT2D eigenvalue weighted by Crippen LogP contribution is -2.47. The third-order valence-electron chi connectivity index (χ3n) is 10.1. The maximum atomic E-state index is 14.4. The number of rotatable bonds is 10. The molecular weight excluding hydrogens is 600 g/mol. The molecule has 1 saturated carbocycles. The summed E-state index contributed by atoms with van der Waals surface area (Å²) in [7, 11) is 0. The van der Waals surface area contributed by atoms with E-state index in [4.69, 9.17) is 4.74 Å². The SMILES string of the molecule is CC(C)N(C(=O)c1cc(F)ccc1Oc1cncnc1N1CC[C@@H](CN2CCC3(CCC(NCC(F)(F)F)CC3)CC2)C1)C(C)C. The van der Waals surface area contributed by atoms with E-state index in [0.29, 0.717) is 17.5 Å². The highest BCUT2D eigenvalue weighted by atomic mass is 19.4. The maximum Gasteiger partial charge on any atom is 0.401 e. The van der Waals surface area contributed by atoms with Gasteiger partial charge in [0.15, 0.2) is 11.6 Å². The van der Waals surface area contributed by atoms with E-state index >= 15 is 0 Å². The van der Waals surface area contributed by atoms with Crippen LogP contribution in [0.5, 0.6) is 11.5 Å². The first-order chi connectivity index (χ1) is 21.8. The molecule has 1 spiro atoms. The van der Waals surface area contributed by atoms with Gasteiger partial charge in [0.05, 0.1) is 18.3 Å². The molecule has 3 heterocycles. The van der Waals surface area contributed by atoms with Crippen LogP contribution in [0.3, 0.4) is 0 Å². The van der Waals surface area contributed by atoms with Gasteiger partial charge in [0.2, 0.25) is 0 Å². The smallest absolute Gasteiger partial charge is 0.401 e. The number of hydrogen-bond acceptors (Lipinski definition) is 7. The van der Waals surface area contributed by atoms with Gasteiger partial charge in [0.25, 0.3) is 5.91 Å². The van der Waals surface area contributed by atoms with Crippen molar-refractivity contribution in [3.8, 4) is 11.5 Å². The molecule has 12 heteroatoms. The van der Waals surface area contributed by atoms with E-state index in [0.717, 1.165) is 77.7 Å². The molecular formula is C34H48F4N6O2. The summed E-state index contributed by atoms with van der Waals surface area (Å²) in [6, 6.07) is 3.82. The van der Waals surface area contributed by atoms with E-state index in [9.17, 15) is 22.4 Å². The number of nitrogens with zero attached hydrogens (tertiary/aromatic N) is 5. The Labute approximate surface area is 269 Å². The second kappa shape index (κ2) is 14.4. The van der Waals surface area contributed by atoms with E-state index in [1.54, 1.807) is 11.1 Å². The molecule has 254 valence electrons. The third-order valence-corrected chi connectivity index (χ3v) is 10.1. The minimum Gasteiger partial charge on any atom is -0.451 e. The van der Waals surface area contributed by atoms with Crippen molar-refractivity contribution in [2.45, 2.75) is 96.9 Å². The Morgan fingerprint density at radius 2 is 1.74 bits per heavy atom. The topological polar surface area (TPSA) is 73.8 Å². The molecule has 0 unspecified atom stereocenters. The summed E-state index contributed by atoms with van der Waals surface area (Å²) >= 11 is 0. The van der Waals surface area contributed by atoms with Gasteiger partial charge in [0.1, 0.15) is 17.9 Å². The van der Waals surface area contributed by atoms with Gasteiger partial charge in [-0.05, 0) is 115 Å². The number of piperidine rings is 1. The highest BCUT2D eigenvalue weighted by Gasteiger charge is 2.40.